The molecule has 5 aromatic carbocycles. The maximum atomic E-state index is 12.5. The van der Waals surface area contributed by atoms with Gasteiger partial charge in [0.05, 0.1) is 123 Å². The van der Waals surface area contributed by atoms with Crippen LogP contribution in [0.25, 0.3) is 11.3 Å². The Labute approximate surface area is 723 Å². The molecule has 6 aliphatic rings. The first-order valence-electron chi connectivity index (χ1n) is 40.0. The number of ether oxygens (including phenoxy) is 2. The lowest BCUT2D eigenvalue weighted by Gasteiger charge is -2.28. The molecule has 18 rings (SSSR count). The summed E-state index contributed by atoms with van der Waals surface area (Å²) in [4.78, 5) is 99.6. The molecule has 37 heteroatoms. The molecule has 12 aromatic rings. The molecule has 0 radical (unpaired) electrons. The molecule has 5 aliphatic heterocycles. The Morgan fingerprint density at radius 2 is 0.857 bits per heavy atom. The van der Waals surface area contributed by atoms with Crippen LogP contribution >= 0.6 is 0 Å². The van der Waals surface area contributed by atoms with Crippen molar-refractivity contribution < 1.29 is 33.4 Å². The average Bonchev–Trinajstić information content (AvgIpc) is 1.62. The Morgan fingerprint density at radius 1 is 0.452 bits per heavy atom. The second-order valence-electron chi connectivity index (χ2n) is 29.0. The number of hydrogen-bond donors (Lipinski definition) is 15. The zero-order valence-electron chi connectivity index (χ0n) is 68.9. The van der Waals surface area contributed by atoms with Gasteiger partial charge in [-0.15, -0.1) is 0 Å². The highest BCUT2D eigenvalue weighted by atomic mass is 16.5. The molecular formula is C89H90N30O7. The molecule has 1 saturated heterocycles. The maximum Gasteiger partial charge on any atom is 0.257 e. The molecule has 0 spiro atoms. The van der Waals surface area contributed by atoms with Crippen LogP contribution in [-0.2, 0) is 54.0 Å². The molecule has 5 amide bonds. The van der Waals surface area contributed by atoms with Gasteiger partial charge in [-0.05, 0) is 134 Å². The van der Waals surface area contributed by atoms with E-state index in [1.807, 2.05) is 108 Å². The highest BCUT2D eigenvalue weighted by Crippen LogP contribution is 2.37. The van der Waals surface area contributed by atoms with E-state index < -0.39 is 0 Å². The van der Waals surface area contributed by atoms with Gasteiger partial charge in [0.2, 0.25) is 29.7 Å². The van der Waals surface area contributed by atoms with Gasteiger partial charge in [0.1, 0.15) is 34.1 Å². The third kappa shape index (κ3) is 21.2. The lowest BCUT2D eigenvalue weighted by Crippen LogP contribution is -2.36. The molecule has 126 heavy (non-hydrogen) atoms. The first-order chi connectivity index (χ1) is 61.2. The van der Waals surface area contributed by atoms with Gasteiger partial charge in [0, 0.05) is 125 Å². The number of carbonyl (C=O) groups excluding carboxylic acids is 5. The highest BCUT2D eigenvalue weighted by molar-refractivity contribution is 6.06. The number of nitrogens with zero attached hydrogens (tertiary/aromatic N) is 15. The van der Waals surface area contributed by atoms with Gasteiger partial charge in [-0.3, -0.25) is 38.0 Å². The van der Waals surface area contributed by atoms with E-state index in [0.29, 0.717) is 171 Å². The van der Waals surface area contributed by atoms with Gasteiger partial charge in [-0.1, -0.05) is 70.3 Å². The van der Waals surface area contributed by atoms with Crippen LogP contribution < -0.4 is 84.7 Å². The van der Waals surface area contributed by atoms with Crippen LogP contribution in [0.15, 0.2) is 246 Å². The molecule has 15 N–H and O–H groups in total. The number of amides is 5. The molecule has 12 heterocycles. The summed E-state index contributed by atoms with van der Waals surface area (Å²) in [6.07, 6.45) is 19.1. The summed E-state index contributed by atoms with van der Waals surface area (Å²) >= 11 is 0. The minimum atomic E-state index is -0.297. The zero-order chi connectivity index (χ0) is 87.7. The summed E-state index contributed by atoms with van der Waals surface area (Å²) in [7, 11) is 3.44. The number of morpholine rings is 1. The number of allylic oxidation sites excluding steroid dienone is 3. The van der Waals surface area contributed by atoms with Gasteiger partial charge in [-0.2, -0.15) is 30.2 Å². The number of nitrogens with one attached hydrogen (secondary N) is 15. The second kappa shape index (κ2) is 38.8. The Bertz CT molecular complexity index is 6220. The van der Waals surface area contributed by atoms with E-state index in [9.17, 15) is 24.0 Å². The van der Waals surface area contributed by atoms with E-state index in [1.54, 1.807) is 84.7 Å². The monoisotopic (exact) mass is 1690 g/mol. The normalized spacial score (nSPS) is 13.4. The molecule has 0 unspecified atom stereocenters. The van der Waals surface area contributed by atoms with Crippen LogP contribution in [-0.4, -0.2) is 139 Å². The first-order valence-corrected chi connectivity index (χ1v) is 40.0. The maximum absolute atomic E-state index is 12.5. The Kier molecular flexibility index (Phi) is 26.0. The van der Waals surface area contributed by atoms with Gasteiger partial charge < -0.3 is 94.1 Å². The van der Waals surface area contributed by atoms with Crippen LogP contribution in [0.1, 0.15) is 83.1 Å². The van der Waals surface area contributed by atoms with Crippen molar-refractivity contribution in [3.05, 3.63) is 291 Å². The smallest absolute Gasteiger partial charge is 0.257 e. The van der Waals surface area contributed by atoms with Gasteiger partial charge in [0.15, 0.2) is 0 Å². The lowest BCUT2D eigenvalue weighted by molar-refractivity contribution is -0.111. The van der Waals surface area contributed by atoms with Crippen molar-refractivity contribution in [2.75, 3.05) is 103 Å². The number of methoxy groups -OCH3 is 1. The molecule has 7 aromatic heterocycles. The van der Waals surface area contributed by atoms with Crippen molar-refractivity contribution in [1.29, 1.82) is 0 Å². The topological polar surface area (TPSA) is 444 Å². The number of benzene rings is 5. The van der Waals surface area contributed by atoms with Crippen molar-refractivity contribution in [3.63, 3.8) is 0 Å². The minimum Gasteiger partial charge on any atom is -0.383 e. The number of aromatic nitrogens is 14. The van der Waals surface area contributed by atoms with Gasteiger partial charge >= 0.3 is 0 Å². The van der Waals surface area contributed by atoms with Crippen LogP contribution in [0.5, 0.6) is 0 Å². The summed E-state index contributed by atoms with van der Waals surface area (Å²) in [5.41, 5.74) is 17.4. The summed E-state index contributed by atoms with van der Waals surface area (Å²) < 4.78 is 15.9. The summed E-state index contributed by atoms with van der Waals surface area (Å²) in [6.45, 7) is 32.0. The molecular weight excluding hydrogens is 1600 g/mol. The van der Waals surface area contributed by atoms with Crippen molar-refractivity contribution in [3.8, 4) is 11.3 Å². The van der Waals surface area contributed by atoms with E-state index in [4.69, 9.17) is 9.47 Å². The largest absolute Gasteiger partial charge is 0.383 e. The molecule has 37 nitrogen and oxygen atoms in total. The summed E-state index contributed by atoms with van der Waals surface area (Å²) in [5, 5.41) is 58.8. The predicted octanol–water partition coefficient (Wildman–Crippen LogP) is 13.2. The van der Waals surface area contributed by atoms with E-state index in [1.165, 1.54) is 6.08 Å². The van der Waals surface area contributed by atoms with Crippen molar-refractivity contribution in [2.45, 2.75) is 51.6 Å². The van der Waals surface area contributed by atoms with E-state index in [-0.39, 0.29) is 29.5 Å². The standard InChI is InChI=1S/C26H27N7O2.C22H24N8O2.C22H22N8O.C19H17N7O2/c1-3-17(2)28-19-5-4-6-20(15-19)30-26-31-22-16-27-25(34)23(22)24(32-26)29-18-7-9-21(10-8-18)33-11-13-35-14-12-33;1-4-14(2)25-15-6-5-7-16(10-15)27-22-28-18-12-23-21(31)19(18)20(29-22)26-17-11-24-30(13-17)8-9-32-3;1-3-13(2)25-14-5-4-6-15(9-14)27-22-28-18-11-23-21(31)19(18)20(29-22)26-16-10-24-30(12-16)17-7-8-17;1-3-15(27)22-12-5-4-6-13(7-12)23-19-24-14-9-20-18(28)16(14)17(25-19)11-8-21-26(2)10-11/h3-10,15,28H,1-2,11-14,16H2,(H,27,34)(H2,29,30,31,32);4-7,10-11,13,25H,1-2,8-9,12H2,3H3,(H,23,31)(H2,26,27,28,29);3-6,9-10,12,17,25H,1-2,7-8,11H2,(H,23,31)(H2,26,27,28,29);3-8,10H,1,9H2,2H3,(H,20,28)(H,22,27)(H,23,24,25). The fourth-order valence-electron chi connectivity index (χ4n) is 13.5. The Hall–Kier alpha value is -16.7. The Balaban J connectivity index is 0.000000130. The number of aryl methyl sites for hydroxylation is 1. The van der Waals surface area contributed by atoms with Crippen molar-refractivity contribution in [1.82, 2.24) is 90.5 Å². The predicted molar refractivity (Wildman–Crippen MR) is 486 cm³/mol. The SMILES string of the molecule is C=CC(=C)Nc1cccc(Nc2nc3c(c(Nc4ccc(N5CCOCC5)cc4)n2)C(=O)NC3)c1.C=CC(=C)Nc1cccc(Nc2nc3c(c(Nc4cnn(C5CC5)c4)n2)C(=O)NC3)c1.C=CC(=C)Nc1cccc(Nc2nc3c(c(Nc4cnn(CCOC)c4)n2)C(=O)NC3)c1.C=CC(=O)Nc1cccc(Nc2nc3c(c(-c4cnn(C)c4)n2)C(=O)NC3)c1. The molecule has 1 saturated carbocycles. The van der Waals surface area contributed by atoms with Crippen LogP contribution in [0.4, 0.5) is 109 Å². The van der Waals surface area contributed by atoms with E-state index in [0.717, 1.165) is 95.9 Å². The molecule has 638 valence electrons. The minimum absolute atomic E-state index is 0.187. The molecule has 2 fully saturated rings. The number of rotatable bonds is 31. The van der Waals surface area contributed by atoms with Crippen LogP contribution in [0.2, 0.25) is 0 Å². The average molecular weight is 1690 g/mol. The number of hydrogen-bond acceptors (Lipinski definition) is 29. The van der Waals surface area contributed by atoms with E-state index >= 15 is 0 Å². The third-order valence-corrected chi connectivity index (χ3v) is 19.8. The fraction of sp³-hybridized carbons (Fsp3) is 0.169. The van der Waals surface area contributed by atoms with Gasteiger partial charge in [0.25, 0.3) is 23.6 Å². The quantitative estimate of drug-likeness (QED) is 0.0142. The highest BCUT2D eigenvalue weighted by Gasteiger charge is 2.33. The molecule has 0 atom stereocenters. The summed E-state index contributed by atoms with van der Waals surface area (Å²) in [6, 6.07) is 38.7. The van der Waals surface area contributed by atoms with Crippen molar-refractivity contribution in [2.24, 2.45) is 7.05 Å². The van der Waals surface area contributed by atoms with E-state index in [2.05, 4.69) is 198 Å². The fourth-order valence-corrected chi connectivity index (χ4v) is 13.5. The third-order valence-electron chi connectivity index (χ3n) is 19.8. The molecule has 0 bridgehead atoms. The first kappa shape index (κ1) is 84.3. The van der Waals surface area contributed by atoms with Crippen LogP contribution in [0.3, 0.4) is 0 Å². The number of fused-ring (bicyclic) bond motifs is 4. The number of carbonyl (C=O) groups is 5. The zero-order valence-corrected chi connectivity index (χ0v) is 68.9. The number of anilines is 19. The molecule has 1 aliphatic carbocycles. The second-order valence-corrected chi connectivity index (χ2v) is 29.0. The van der Waals surface area contributed by atoms with Crippen LogP contribution in [0, 0.1) is 0 Å². The Morgan fingerprint density at radius 3 is 1.28 bits per heavy atom. The summed E-state index contributed by atoms with van der Waals surface area (Å²) in [5.74, 6) is 1.75. The van der Waals surface area contributed by atoms with Crippen molar-refractivity contribution >= 4 is 139 Å². The van der Waals surface area contributed by atoms with Gasteiger partial charge in [-0.25, -0.2) is 24.9 Å². The lowest BCUT2D eigenvalue weighted by atomic mass is 10.1.